The van der Waals surface area contributed by atoms with Gasteiger partial charge in [0.05, 0.1) is 5.69 Å². The number of nitrogens with one attached hydrogen (secondary N) is 3. The lowest BCUT2D eigenvalue weighted by Gasteiger charge is -2.13. The molecule has 0 aliphatic carbocycles. The molecule has 0 aliphatic heterocycles. The van der Waals surface area contributed by atoms with Crippen LogP contribution in [0.4, 0.5) is 5.69 Å². The maximum absolute atomic E-state index is 5.23. The van der Waals surface area contributed by atoms with E-state index in [-0.39, 0.29) is 0 Å². The molecular weight excluding hydrogens is 266 g/mol. The number of benzene rings is 2. The molecule has 0 saturated carbocycles. The van der Waals surface area contributed by atoms with Crippen LogP contribution in [0.5, 0.6) is 0 Å². The second-order valence-electron chi connectivity index (χ2n) is 4.56. The number of hydrogen-bond donors (Lipinski definition) is 3. The van der Waals surface area contributed by atoms with Crippen LogP contribution in [0.2, 0.25) is 0 Å². The van der Waals surface area contributed by atoms with E-state index in [1.54, 1.807) is 0 Å². The van der Waals surface area contributed by atoms with Crippen LogP contribution in [0.15, 0.2) is 54.6 Å². The fourth-order valence-electron chi connectivity index (χ4n) is 1.85. The Hall–Kier alpha value is -2.07. The summed E-state index contributed by atoms with van der Waals surface area (Å²) in [4.78, 5) is 0. The summed E-state index contributed by atoms with van der Waals surface area (Å²) in [7, 11) is 0. The van der Waals surface area contributed by atoms with E-state index in [1.807, 2.05) is 36.4 Å². The summed E-state index contributed by atoms with van der Waals surface area (Å²) in [5.41, 5.74) is 9.61. The Kier molecular flexibility index (Phi) is 5.38. The van der Waals surface area contributed by atoms with E-state index in [1.165, 1.54) is 11.1 Å². The van der Waals surface area contributed by atoms with E-state index in [0.29, 0.717) is 5.11 Å². The molecule has 0 bridgehead atoms. The molecular formula is C16H19N3S. The standard InChI is InChI=1S/C16H19N3S/c1-13-7-5-6-10-15(13)18-19-16(20)17-12-11-14-8-3-2-4-9-14/h2-10,18H,11-12H2,1H3,(H2,17,19,20). The highest BCUT2D eigenvalue weighted by Crippen LogP contribution is 2.11. The predicted molar refractivity (Wildman–Crippen MR) is 88.7 cm³/mol. The van der Waals surface area contributed by atoms with E-state index >= 15 is 0 Å². The first-order valence-corrected chi connectivity index (χ1v) is 7.06. The highest BCUT2D eigenvalue weighted by molar-refractivity contribution is 7.80. The van der Waals surface area contributed by atoms with Gasteiger partial charge >= 0.3 is 0 Å². The Morgan fingerprint density at radius 3 is 2.45 bits per heavy atom. The van der Waals surface area contributed by atoms with Crippen molar-refractivity contribution < 1.29 is 0 Å². The second-order valence-corrected chi connectivity index (χ2v) is 4.96. The van der Waals surface area contributed by atoms with Crippen LogP contribution in [0, 0.1) is 6.92 Å². The Morgan fingerprint density at radius 2 is 1.70 bits per heavy atom. The molecule has 0 fully saturated rings. The lowest BCUT2D eigenvalue weighted by Crippen LogP contribution is -2.39. The lowest BCUT2D eigenvalue weighted by atomic mass is 10.1. The first-order valence-electron chi connectivity index (χ1n) is 6.65. The van der Waals surface area contributed by atoms with E-state index in [9.17, 15) is 0 Å². The Morgan fingerprint density at radius 1 is 1.00 bits per heavy atom. The third-order valence-electron chi connectivity index (χ3n) is 3.00. The topological polar surface area (TPSA) is 36.1 Å². The van der Waals surface area contributed by atoms with Gasteiger partial charge in [-0.3, -0.25) is 10.9 Å². The first-order chi connectivity index (χ1) is 9.75. The number of hydrazine groups is 1. The minimum absolute atomic E-state index is 0.601. The van der Waals surface area contributed by atoms with Gasteiger partial charge in [0.2, 0.25) is 0 Å². The average Bonchev–Trinajstić information content (AvgIpc) is 2.47. The van der Waals surface area contributed by atoms with Gasteiger partial charge in [-0.15, -0.1) is 0 Å². The summed E-state index contributed by atoms with van der Waals surface area (Å²) in [6.45, 7) is 2.86. The first kappa shape index (κ1) is 14.3. The fraction of sp³-hybridized carbons (Fsp3) is 0.188. The van der Waals surface area contributed by atoms with Crippen LogP contribution in [-0.2, 0) is 6.42 Å². The monoisotopic (exact) mass is 285 g/mol. The molecule has 20 heavy (non-hydrogen) atoms. The van der Waals surface area contributed by atoms with Crippen LogP contribution in [-0.4, -0.2) is 11.7 Å². The van der Waals surface area contributed by atoms with Gasteiger partial charge < -0.3 is 5.32 Å². The molecule has 0 atom stereocenters. The van der Waals surface area contributed by atoms with Crippen molar-refractivity contribution in [1.29, 1.82) is 0 Å². The van der Waals surface area contributed by atoms with Crippen LogP contribution in [0.1, 0.15) is 11.1 Å². The van der Waals surface area contributed by atoms with E-state index in [4.69, 9.17) is 12.2 Å². The van der Waals surface area contributed by atoms with Crippen LogP contribution >= 0.6 is 12.2 Å². The fourth-order valence-corrected chi connectivity index (χ4v) is 2.00. The zero-order chi connectivity index (χ0) is 14.2. The van der Waals surface area contributed by atoms with Gasteiger partial charge in [0, 0.05) is 6.54 Å². The molecule has 0 spiro atoms. The highest BCUT2D eigenvalue weighted by Gasteiger charge is 1.98. The molecule has 0 aromatic heterocycles. The van der Waals surface area contributed by atoms with Crippen molar-refractivity contribution in [2.75, 3.05) is 12.0 Å². The average molecular weight is 285 g/mol. The number of anilines is 1. The van der Waals surface area contributed by atoms with Crippen molar-refractivity contribution in [3.05, 3.63) is 65.7 Å². The van der Waals surface area contributed by atoms with Gasteiger partial charge in [0.1, 0.15) is 0 Å². The van der Waals surface area contributed by atoms with E-state index in [2.05, 4.69) is 41.3 Å². The predicted octanol–water partition coefficient (Wildman–Crippen LogP) is 3.03. The molecule has 4 heteroatoms. The van der Waals surface area contributed by atoms with Crippen molar-refractivity contribution in [1.82, 2.24) is 10.7 Å². The van der Waals surface area contributed by atoms with Gasteiger partial charge in [-0.25, -0.2) is 0 Å². The molecule has 0 saturated heterocycles. The third kappa shape index (κ3) is 4.55. The molecule has 104 valence electrons. The Labute approximate surface area is 125 Å². The maximum atomic E-state index is 5.23. The summed E-state index contributed by atoms with van der Waals surface area (Å²) in [6.07, 6.45) is 0.951. The second kappa shape index (κ2) is 7.50. The molecule has 0 radical (unpaired) electrons. The number of hydrogen-bond acceptors (Lipinski definition) is 2. The molecule has 3 nitrogen and oxygen atoms in total. The van der Waals surface area contributed by atoms with Gasteiger partial charge in [-0.2, -0.15) is 0 Å². The summed E-state index contributed by atoms with van der Waals surface area (Å²) >= 11 is 5.23. The van der Waals surface area contributed by atoms with Gasteiger partial charge in [-0.1, -0.05) is 48.5 Å². The zero-order valence-corrected chi connectivity index (χ0v) is 12.3. The SMILES string of the molecule is Cc1ccccc1NNC(=S)NCCc1ccccc1. The van der Waals surface area contributed by atoms with Crippen LogP contribution in [0.25, 0.3) is 0 Å². The molecule has 0 unspecified atom stereocenters. The summed E-state index contributed by atoms with van der Waals surface area (Å²) in [6, 6.07) is 18.4. The van der Waals surface area contributed by atoms with Crippen molar-refractivity contribution in [3.63, 3.8) is 0 Å². The number of rotatable bonds is 5. The van der Waals surface area contributed by atoms with E-state index in [0.717, 1.165) is 18.7 Å². The number of aryl methyl sites for hydroxylation is 1. The molecule has 2 aromatic carbocycles. The molecule has 2 rings (SSSR count). The zero-order valence-electron chi connectivity index (χ0n) is 11.5. The minimum Gasteiger partial charge on any atom is -0.361 e. The normalized spacial score (nSPS) is 9.85. The van der Waals surface area contributed by atoms with Crippen molar-refractivity contribution in [3.8, 4) is 0 Å². The van der Waals surface area contributed by atoms with Gasteiger partial charge in [0.15, 0.2) is 5.11 Å². The van der Waals surface area contributed by atoms with Crippen LogP contribution in [0.3, 0.4) is 0 Å². The van der Waals surface area contributed by atoms with Crippen molar-refractivity contribution in [2.24, 2.45) is 0 Å². The molecule has 0 amide bonds. The van der Waals surface area contributed by atoms with Crippen molar-refractivity contribution in [2.45, 2.75) is 13.3 Å². The van der Waals surface area contributed by atoms with E-state index < -0.39 is 0 Å². The molecule has 0 aliphatic rings. The summed E-state index contributed by atoms with van der Waals surface area (Å²) in [5, 5.41) is 3.78. The molecule has 2 aromatic rings. The Bertz CT molecular complexity index is 555. The van der Waals surface area contributed by atoms with Gasteiger partial charge in [-0.05, 0) is 42.8 Å². The molecule has 0 heterocycles. The van der Waals surface area contributed by atoms with Gasteiger partial charge in [0.25, 0.3) is 0 Å². The largest absolute Gasteiger partial charge is 0.361 e. The molecule has 3 N–H and O–H groups in total. The highest BCUT2D eigenvalue weighted by atomic mass is 32.1. The lowest BCUT2D eigenvalue weighted by molar-refractivity contribution is 0.848. The Balaban J connectivity index is 1.70. The minimum atomic E-state index is 0.601. The third-order valence-corrected chi connectivity index (χ3v) is 3.24. The number of para-hydroxylation sites is 1. The smallest absolute Gasteiger partial charge is 0.185 e. The maximum Gasteiger partial charge on any atom is 0.185 e. The summed E-state index contributed by atoms with van der Waals surface area (Å²) in [5.74, 6) is 0. The van der Waals surface area contributed by atoms with Crippen LogP contribution < -0.4 is 16.2 Å². The quantitative estimate of drug-likeness (QED) is 0.583. The number of thiocarbonyl (C=S) groups is 1. The van der Waals surface area contributed by atoms with Crippen molar-refractivity contribution >= 4 is 23.0 Å². The summed E-state index contributed by atoms with van der Waals surface area (Å²) < 4.78 is 0.